The van der Waals surface area contributed by atoms with E-state index < -0.39 is 0 Å². The molecule has 5 nitrogen and oxygen atoms in total. The van der Waals surface area contributed by atoms with Crippen LogP contribution in [0.2, 0.25) is 0 Å². The van der Waals surface area contributed by atoms with Gasteiger partial charge in [-0.15, -0.1) is 11.8 Å². The molecule has 0 aliphatic carbocycles. The van der Waals surface area contributed by atoms with E-state index >= 15 is 0 Å². The first kappa shape index (κ1) is 21.2. The fourth-order valence-electron chi connectivity index (χ4n) is 3.32. The van der Waals surface area contributed by atoms with Crippen LogP contribution in [0.1, 0.15) is 5.56 Å². The number of amides is 1. The van der Waals surface area contributed by atoms with Gasteiger partial charge < -0.3 is 4.74 Å². The number of thioether (sulfide) groups is 2. The van der Waals surface area contributed by atoms with Crippen molar-refractivity contribution in [1.29, 1.82) is 0 Å². The zero-order chi connectivity index (χ0) is 20.8. The second-order valence-corrected chi connectivity index (χ2v) is 8.91. The molecular weight excluding hydrogens is 414 g/mol. The van der Waals surface area contributed by atoms with Crippen molar-refractivity contribution in [3.05, 3.63) is 65.1 Å². The number of ether oxygens (including phenoxy) is 1. The number of hydrogen-bond acceptors (Lipinski definition) is 6. The average molecular weight is 440 g/mol. The molecule has 0 saturated carbocycles. The van der Waals surface area contributed by atoms with E-state index in [1.54, 1.807) is 11.8 Å². The molecule has 2 saturated heterocycles. The second-order valence-electron chi connectivity index (χ2n) is 7.02. The van der Waals surface area contributed by atoms with Crippen LogP contribution in [-0.2, 0) is 9.53 Å². The molecule has 7 heteroatoms. The summed E-state index contributed by atoms with van der Waals surface area (Å²) in [6.45, 7) is 4.77. The van der Waals surface area contributed by atoms with Crippen LogP contribution in [0.4, 0.5) is 5.69 Å². The van der Waals surface area contributed by atoms with Gasteiger partial charge in [0, 0.05) is 31.1 Å². The van der Waals surface area contributed by atoms with E-state index in [9.17, 15) is 4.79 Å². The minimum absolute atomic E-state index is 0.0249. The standard InChI is InChI=1S/C23H25N3O2S2/c1-29-20-9-7-18(8-10-20)17-21-22(27)26(12-11-25-13-15-28-16-14-25)23(30-21)24-19-5-3-2-4-6-19/h2-10,17H,11-16H2,1H3/b21-17-,24-23?. The Kier molecular flexibility index (Phi) is 7.28. The lowest BCUT2D eigenvalue weighted by atomic mass is 10.2. The number of amidine groups is 1. The molecule has 0 radical (unpaired) electrons. The smallest absolute Gasteiger partial charge is 0.266 e. The fourth-order valence-corrected chi connectivity index (χ4v) is 4.75. The lowest BCUT2D eigenvalue weighted by Gasteiger charge is -2.28. The Balaban J connectivity index is 1.56. The van der Waals surface area contributed by atoms with Gasteiger partial charge in [0.25, 0.3) is 5.91 Å². The molecule has 1 amide bonds. The Labute approximate surface area is 186 Å². The number of benzene rings is 2. The van der Waals surface area contributed by atoms with Gasteiger partial charge in [0.05, 0.1) is 23.8 Å². The minimum atomic E-state index is 0.0249. The third kappa shape index (κ3) is 5.35. The largest absolute Gasteiger partial charge is 0.379 e. The summed E-state index contributed by atoms with van der Waals surface area (Å²) in [5, 5.41) is 0.742. The van der Waals surface area contributed by atoms with Gasteiger partial charge in [-0.2, -0.15) is 0 Å². The molecule has 0 N–H and O–H groups in total. The molecule has 0 atom stereocenters. The van der Waals surface area contributed by atoms with E-state index in [0.717, 1.165) is 49.3 Å². The predicted molar refractivity (Wildman–Crippen MR) is 126 cm³/mol. The van der Waals surface area contributed by atoms with Crippen molar-refractivity contribution in [2.24, 2.45) is 4.99 Å². The summed E-state index contributed by atoms with van der Waals surface area (Å²) in [5.41, 5.74) is 1.88. The first-order chi connectivity index (χ1) is 14.7. The highest BCUT2D eigenvalue weighted by molar-refractivity contribution is 8.18. The normalized spacial score (nSPS) is 20.4. The van der Waals surface area contributed by atoms with Crippen molar-refractivity contribution >= 4 is 46.4 Å². The maximum Gasteiger partial charge on any atom is 0.266 e. The van der Waals surface area contributed by atoms with Gasteiger partial charge >= 0.3 is 0 Å². The molecule has 0 bridgehead atoms. The molecule has 2 aromatic rings. The summed E-state index contributed by atoms with van der Waals surface area (Å²) in [6, 6.07) is 18.1. The van der Waals surface area contributed by atoms with Crippen molar-refractivity contribution in [3.8, 4) is 0 Å². The summed E-state index contributed by atoms with van der Waals surface area (Å²) in [7, 11) is 0. The molecule has 0 aromatic heterocycles. The number of para-hydroxylation sites is 1. The van der Waals surface area contributed by atoms with Crippen LogP contribution in [0, 0.1) is 0 Å². The quantitative estimate of drug-likeness (QED) is 0.495. The van der Waals surface area contributed by atoms with Gasteiger partial charge in [0.1, 0.15) is 0 Å². The molecule has 2 heterocycles. The van der Waals surface area contributed by atoms with E-state index in [4.69, 9.17) is 9.73 Å². The van der Waals surface area contributed by atoms with E-state index in [0.29, 0.717) is 11.4 Å². The van der Waals surface area contributed by atoms with Crippen molar-refractivity contribution in [3.63, 3.8) is 0 Å². The molecule has 4 rings (SSSR count). The topological polar surface area (TPSA) is 45.1 Å². The van der Waals surface area contributed by atoms with Gasteiger partial charge in [-0.05, 0) is 53.9 Å². The predicted octanol–water partition coefficient (Wildman–Crippen LogP) is 4.34. The number of nitrogens with zero attached hydrogens (tertiary/aromatic N) is 3. The van der Waals surface area contributed by atoms with Gasteiger partial charge in [-0.3, -0.25) is 14.6 Å². The molecule has 0 spiro atoms. The van der Waals surface area contributed by atoms with Gasteiger partial charge in [0.15, 0.2) is 5.17 Å². The maximum absolute atomic E-state index is 13.2. The highest BCUT2D eigenvalue weighted by Crippen LogP contribution is 2.34. The van der Waals surface area contributed by atoms with Crippen molar-refractivity contribution in [2.45, 2.75) is 4.90 Å². The Morgan fingerprint density at radius 3 is 2.50 bits per heavy atom. The molecule has 2 aromatic carbocycles. The van der Waals surface area contributed by atoms with E-state index in [-0.39, 0.29) is 5.91 Å². The lowest BCUT2D eigenvalue weighted by Crippen LogP contribution is -2.42. The van der Waals surface area contributed by atoms with Gasteiger partial charge in [0.2, 0.25) is 0 Å². The average Bonchev–Trinajstić information content (AvgIpc) is 3.08. The summed E-state index contributed by atoms with van der Waals surface area (Å²) in [5.74, 6) is 0.0249. The molecule has 2 aliphatic heterocycles. The molecule has 2 fully saturated rings. The number of carbonyl (C=O) groups is 1. The Bertz CT molecular complexity index is 923. The lowest BCUT2D eigenvalue weighted by molar-refractivity contribution is -0.122. The van der Waals surface area contributed by atoms with Gasteiger partial charge in [-0.25, -0.2) is 4.99 Å². The summed E-state index contributed by atoms with van der Waals surface area (Å²) in [6.07, 6.45) is 4.02. The van der Waals surface area contributed by atoms with Crippen molar-refractivity contribution < 1.29 is 9.53 Å². The van der Waals surface area contributed by atoms with Crippen LogP contribution in [-0.4, -0.2) is 66.5 Å². The zero-order valence-electron chi connectivity index (χ0n) is 17.0. The number of aliphatic imine (C=N–C) groups is 1. The third-order valence-electron chi connectivity index (χ3n) is 5.03. The number of morpholine rings is 1. The van der Waals surface area contributed by atoms with Crippen LogP contribution in [0.5, 0.6) is 0 Å². The van der Waals surface area contributed by atoms with Crippen LogP contribution in [0.15, 0.2) is 69.4 Å². The van der Waals surface area contributed by atoms with Crippen molar-refractivity contribution in [2.75, 3.05) is 45.6 Å². The molecule has 0 unspecified atom stereocenters. The summed E-state index contributed by atoms with van der Waals surface area (Å²) >= 11 is 3.16. The highest BCUT2D eigenvalue weighted by atomic mass is 32.2. The molecular formula is C23H25N3O2S2. The fraction of sp³-hybridized carbons (Fsp3) is 0.304. The van der Waals surface area contributed by atoms with E-state index in [1.165, 1.54) is 16.7 Å². The van der Waals surface area contributed by atoms with Crippen molar-refractivity contribution in [1.82, 2.24) is 9.80 Å². The minimum Gasteiger partial charge on any atom is -0.379 e. The summed E-state index contributed by atoms with van der Waals surface area (Å²) in [4.78, 5) is 24.1. The second kappa shape index (κ2) is 10.3. The van der Waals surface area contributed by atoms with Crippen LogP contribution < -0.4 is 0 Å². The highest BCUT2D eigenvalue weighted by Gasteiger charge is 2.33. The maximum atomic E-state index is 13.2. The Hall–Kier alpha value is -2.06. The van der Waals surface area contributed by atoms with Crippen LogP contribution >= 0.6 is 23.5 Å². The first-order valence-electron chi connectivity index (χ1n) is 10.0. The van der Waals surface area contributed by atoms with Crippen LogP contribution in [0.25, 0.3) is 6.08 Å². The zero-order valence-corrected chi connectivity index (χ0v) is 18.6. The SMILES string of the molecule is CSc1ccc(/C=C2\SC(=Nc3ccccc3)N(CCN3CCOCC3)C2=O)cc1. The monoisotopic (exact) mass is 439 g/mol. The Morgan fingerprint density at radius 2 is 1.80 bits per heavy atom. The molecule has 2 aliphatic rings. The number of carbonyl (C=O) groups excluding carboxylic acids is 1. The van der Waals surface area contributed by atoms with E-state index in [1.807, 2.05) is 41.3 Å². The number of rotatable bonds is 6. The molecule has 156 valence electrons. The Morgan fingerprint density at radius 1 is 1.07 bits per heavy atom. The molecule has 30 heavy (non-hydrogen) atoms. The van der Waals surface area contributed by atoms with Gasteiger partial charge in [-0.1, -0.05) is 30.3 Å². The summed E-state index contributed by atoms with van der Waals surface area (Å²) < 4.78 is 5.43. The number of hydrogen-bond donors (Lipinski definition) is 0. The van der Waals surface area contributed by atoms with E-state index in [2.05, 4.69) is 35.4 Å². The first-order valence-corrected chi connectivity index (χ1v) is 12.1. The third-order valence-corrected chi connectivity index (χ3v) is 6.78. The van der Waals surface area contributed by atoms with Crippen LogP contribution in [0.3, 0.4) is 0 Å².